The fourth-order valence-electron chi connectivity index (χ4n) is 1.78. The average Bonchev–Trinajstić information content (AvgIpc) is 2.55. The lowest BCUT2D eigenvalue weighted by Crippen LogP contribution is -2.31. The number of aliphatic hydroxyl groups excluding tert-OH is 1. The third kappa shape index (κ3) is 0.779. The van der Waals surface area contributed by atoms with Crippen molar-refractivity contribution in [2.45, 2.75) is 30.8 Å². The van der Waals surface area contributed by atoms with E-state index in [1.54, 1.807) is 0 Å². The molecule has 0 radical (unpaired) electrons. The molecule has 0 aromatic rings. The molecule has 10 heavy (non-hydrogen) atoms. The summed E-state index contributed by atoms with van der Waals surface area (Å²) in [6.45, 7) is 0. The molecular formula is C7H13NO2. The highest BCUT2D eigenvalue weighted by atomic mass is 16.6. The van der Waals surface area contributed by atoms with Crippen LogP contribution in [0.2, 0.25) is 0 Å². The number of rotatable bonds is 1. The van der Waals surface area contributed by atoms with Crippen molar-refractivity contribution in [3.8, 4) is 0 Å². The first-order valence-corrected chi connectivity index (χ1v) is 3.70. The van der Waals surface area contributed by atoms with E-state index >= 15 is 0 Å². The van der Waals surface area contributed by atoms with E-state index in [9.17, 15) is 5.11 Å². The molecule has 0 bridgehead atoms. The van der Waals surface area contributed by atoms with Crippen LogP contribution in [0, 0.1) is 0 Å². The largest absolute Gasteiger partial charge is 0.390 e. The maximum absolute atomic E-state index is 9.31. The van der Waals surface area contributed by atoms with Gasteiger partial charge in [-0.05, 0) is 20.5 Å². The Hall–Kier alpha value is -0.120. The van der Waals surface area contributed by atoms with Crippen molar-refractivity contribution in [2.24, 2.45) is 0 Å². The molecule has 0 aromatic carbocycles. The topological polar surface area (TPSA) is 36.0 Å². The fraction of sp³-hybridized carbons (Fsp3) is 1.00. The molecule has 2 aliphatic rings. The van der Waals surface area contributed by atoms with Gasteiger partial charge in [-0.1, -0.05) is 0 Å². The predicted octanol–water partition coefficient (Wildman–Crippen LogP) is -0.551. The van der Waals surface area contributed by atoms with Gasteiger partial charge in [0.05, 0.1) is 6.10 Å². The quantitative estimate of drug-likeness (QED) is 0.500. The number of aliphatic hydroxyl groups is 1. The zero-order valence-corrected chi connectivity index (χ0v) is 6.32. The minimum Gasteiger partial charge on any atom is -0.390 e. The zero-order chi connectivity index (χ0) is 7.30. The summed E-state index contributed by atoms with van der Waals surface area (Å²) in [5.41, 5.74) is 0. The van der Waals surface area contributed by atoms with Crippen LogP contribution in [0.25, 0.3) is 0 Å². The van der Waals surface area contributed by atoms with Crippen LogP contribution in [0.4, 0.5) is 0 Å². The molecule has 1 saturated carbocycles. The van der Waals surface area contributed by atoms with Gasteiger partial charge >= 0.3 is 0 Å². The summed E-state index contributed by atoms with van der Waals surface area (Å²) >= 11 is 0. The van der Waals surface area contributed by atoms with Crippen molar-refractivity contribution < 1.29 is 9.84 Å². The summed E-state index contributed by atoms with van der Waals surface area (Å²) in [5, 5.41) is 9.31. The van der Waals surface area contributed by atoms with Gasteiger partial charge in [0.2, 0.25) is 0 Å². The van der Waals surface area contributed by atoms with Crippen LogP contribution >= 0.6 is 0 Å². The van der Waals surface area contributed by atoms with Gasteiger partial charge in [-0.25, -0.2) is 0 Å². The highest BCUT2D eigenvalue weighted by Gasteiger charge is 2.56. The smallest absolute Gasteiger partial charge is 0.112 e. The van der Waals surface area contributed by atoms with E-state index in [4.69, 9.17) is 4.74 Å². The molecule has 0 amide bonds. The summed E-state index contributed by atoms with van der Waals surface area (Å²) in [6.07, 6.45) is 1.15. The summed E-state index contributed by atoms with van der Waals surface area (Å²) in [7, 11) is 4.06. The van der Waals surface area contributed by atoms with Crippen LogP contribution in [-0.2, 0) is 4.74 Å². The average molecular weight is 143 g/mol. The number of likely N-dealkylation sites (N-methyl/N-ethyl adjacent to an activating group) is 1. The van der Waals surface area contributed by atoms with Gasteiger partial charge in [0, 0.05) is 6.04 Å². The van der Waals surface area contributed by atoms with Crippen molar-refractivity contribution in [2.75, 3.05) is 14.1 Å². The minimum absolute atomic E-state index is 0.160. The van der Waals surface area contributed by atoms with Crippen molar-refractivity contribution in [3.05, 3.63) is 0 Å². The molecule has 0 spiro atoms. The number of fused-ring (bicyclic) bond motifs is 1. The number of epoxide rings is 1. The maximum Gasteiger partial charge on any atom is 0.112 e. The van der Waals surface area contributed by atoms with E-state index < -0.39 is 0 Å². The van der Waals surface area contributed by atoms with Gasteiger partial charge in [-0.3, -0.25) is 0 Å². The minimum atomic E-state index is -0.211. The van der Waals surface area contributed by atoms with Crippen molar-refractivity contribution in [3.63, 3.8) is 0 Å². The molecule has 3 nitrogen and oxygen atoms in total. The van der Waals surface area contributed by atoms with Crippen molar-refractivity contribution in [1.29, 1.82) is 0 Å². The van der Waals surface area contributed by atoms with Crippen LogP contribution in [-0.4, -0.2) is 48.5 Å². The fourth-order valence-corrected chi connectivity index (χ4v) is 1.78. The molecule has 58 valence electrons. The third-order valence-corrected chi connectivity index (χ3v) is 2.47. The summed E-state index contributed by atoms with van der Waals surface area (Å²) in [4.78, 5) is 2.13. The lowest BCUT2D eigenvalue weighted by molar-refractivity contribution is 0.0856. The van der Waals surface area contributed by atoms with Crippen LogP contribution in [0.3, 0.4) is 0 Å². The lowest BCUT2D eigenvalue weighted by Gasteiger charge is -2.19. The molecule has 1 N–H and O–H groups in total. The number of ether oxygens (including phenoxy) is 1. The highest BCUT2D eigenvalue weighted by Crippen LogP contribution is 2.40. The summed E-state index contributed by atoms with van der Waals surface area (Å²) < 4.78 is 5.25. The molecule has 1 aliphatic heterocycles. The second kappa shape index (κ2) is 1.94. The maximum atomic E-state index is 9.31. The molecule has 4 unspecified atom stereocenters. The van der Waals surface area contributed by atoms with E-state index in [1.165, 1.54) is 0 Å². The Balaban J connectivity index is 2.01. The number of nitrogens with zero attached hydrogens (tertiary/aromatic N) is 1. The first kappa shape index (κ1) is 6.58. The van der Waals surface area contributed by atoms with Crippen LogP contribution in [0.15, 0.2) is 0 Å². The Bertz CT molecular complexity index is 149. The second-order valence-electron chi connectivity index (χ2n) is 3.40. The van der Waals surface area contributed by atoms with Gasteiger partial charge in [-0.2, -0.15) is 0 Å². The van der Waals surface area contributed by atoms with Gasteiger partial charge in [0.15, 0.2) is 0 Å². The molecule has 0 aromatic heterocycles. The molecule has 1 saturated heterocycles. The van der Waals surface area contributed by atoms with E-state index in [0.29, 0.717) is 12.1 Å². The molecule has 4 atom stereocenters. The van der Waals surface area contributed by atoms with E-state index in [0.717, 1.165) is 6.42 Å². The van der Waals surface area contributed by atoms with Gasteiger partial charge in [-0.15, -0.1) is 0 Å². The highest BCUT2D eigenvalue weighted by molar-refractivity contribution is 5.06. The SMILES string of the molecule is CN(C)C1CC(O)C2OC21. The Morgan fingerprint density at radius 2 is 2.10 bits per heavy atom. The van der Waals surface area contributed by atoms with Crippen LogP contribution in [0.5, 0.6) is 0 Å². The number of hydrogen-bond donors (Lipinski definition) is 1. The molecule has 1 heterocycles. The van der Waals surface area contributed by atoms with E-state index in [-0.39, 0.29) is 12.2 Å². The number of hydrogen-bond acceptors (Lipinski definition) is 3. The predicted molar refractivity (Wildman–Crippen MR) is 36.8 cm³/mol. The first-order valence-electron chi connectivity index (χ1n) is 3.70. The van der Waals surface area contributed by atoms with Crippen molar-refractivity contribution in [1.82, 2.24) is 4.90 Å². The van der Waals surface area contributed by atoms with Gasteiger partial charge in [0.25, 0.3) is 0 Å². The first-order chi connectivity index (χ1) is 4.70. The molecule has 1 aliphatic carbocycles. The lowest BCUT2D eigenvalue weighted by atomic mass is 10.2. The normalized spacial score (nSPS) is 51.6. The Labute approximate surface area is 60.6 Å². The second-order valence-corrected chi connectivity index (χ2v) is 3.40. The van der Waals surface area contributed by atoms with Crippen LogP contribution < -0.4 is 0 Å². The summed E-state index contributed by atoms with van der Waals surface area (Å²) in [6, 6.07) is 0.444. The van der Waals surface area contributed by atoms with Gasteiger partial charge in [0.1, 0.15) is 12.2 Å². The molecule has 2 rings (SSSR count). The third-order valence-electron chi connectivity index (χ3n) is 2.47. The van der Waals surface area contributed by atoms with E-state index in [2.05, 4.69) is 4.90 Å². The zero-order valence-electron chi connectivity index (χ0n) is 6.32. The molecule has 3 heteroatoms. The monoisotopic (exact) mass is 143 g/mol. The molecular weight excluding hydrogens is 130 g/mol. The standard InChI is InChI=1S/C7H13NO2/c1-8(2)4-3-5(9)7-6(4)10-7/h4-7,9H,3H2,1-2H3. The van der Waals surface area contributed by atoms with Crippen molar-refractivity contribution >= 4 is 0 Å². The Morgan fingerprint density at radius 3 is 2.30 bits per heavy atom. The van der Waals surface area contributed by atoms with Gasteiger partial charge < -0.3 is 14.7 Å². The summed E-state index contributed by atoms with van der Waals surface area (Å²) in [5.74, 6) is 0. The van der Waals surface area contributed by atoms with E-state index in [1.807, 2.05) is 14.1 Å². The molecule has 2 fully saturated rings. The van der Waals surface area contributed by atoms with Crippen LogP contribution in [0.1, 0.15) is 6.42 Å². The Kier molecular flexibility index (Phi) is 1.27. The Morgan fingerprint density at radius 1 is 1.40 bits per heavy atom.